The van der Waals surface area contributed by atoms with Crippen LogP contribution in [0.15, 0.2) is 4.52 Å². The number of amides is 1. The summed E-state index contributed by atoms with van der Waals surface area (Å²) in [5.41, 5.74) is 1.78. The molecule has 0 aliphatic carbocycles. The van der Waals surface area contributed by atoms with E-state index in [1.54, 1.807) is 0 Å². The molecule has 3 heterocycles. The molecule has 1 N–H and O–H groups in total. The van der Waals surface area contributed by atoms with Crippen LogP contribution in [0.3, 0.4) is 0 Å². The topological polar surface area (TPSA) is 61.6 Å². The maximum atomic E-state index is 12.4. The average Bonchev–Trinajstić information content (AvgIpc) is 3.13. The Bertz CT molecular complexity index is 486. The van der Waals surface area contributed by atoms with Crippen molar-refractivity contribution in [2.75, 3.05) is 39.3 Å². The molecule has 124 valence electrons. The fourth-order valence-electron chi connectivity index (χ4n) is 3.30. The van der Waals surface area contributed by atoms with Gasteiger partial charge in [-0.05, 0) is 26.8 Å². The van der Waals surface area contributed by atoms with Gasteiger partial charge in [0.25, 0.3) is 0 Å². The number of aryl methyl sites for hydroxylation is 2. The molecule has 1 atom stereocenters. The number of hydrogen-bond acceptors (Lipinski definition) is 5. The van der Waals surface area contributed by atoms with Crippen molar-refractivity contribution in [3.05, 3.63) is 17.0 Å². The summed E-state index contributed by atoms with van der Waals surface area (Å²) in [4.78, 5) is 16.9. The predicted molar refractivity (Wildman–Crippen MR) is 86.4 cm³/mol. The summed E-state index contributed by atoms with van der Waals surface area (Å²) in [7, 11) is 0. The van der Waals surface area contributed by atoms with Crippen LogP contribution in [0.25, 0.3) is 0 Å². The second kappa shape index (κ2) is 7.44. The number of carbonyl (C=O) groups excluding carboxylic acids is 1. The molecule has 3 rings (SSSR count). The molecule has 1 aromatic heterocycles. The quantitative estimate of drug-likeness (QED) is 0.887. The van der Waals surface area contributed by atoms with E-state index >= 15 is 0 Å². The van der Waals surface area contributed by atoms with Crippen molar-refractivity contribution in [1.29, 1.82) is 0 Å². The molecule has 7 heteroatoms. The third-order valence-electron chi connectivity index (χ3n) is 4.73. The maximum Gasteiger partial charge on any atom is 0.227 e. The Morgan fingerprint density at radius 1 is 1.32 bits per heavy atom. The molecule has 2 aliphatic heterocycles. The van der Waals surface area contributed by atoms with Crippen molar-refractivity contribution in [3.8, 4) is 0 Å². The summed E-state index contributed by atoms with van der Waals surface area (Å²) < 4.78 is 5.13. The van der Waals surface area contributed by atoms with Gasteiger partial charge >= 0.3 is 0 Å². The van der Waals surface area contributed by atoms with Crippen LogP contribution >= 0.6 is 12.4 Å². The summed E-state index contributed by atoms with van der Waals surface area (Å²) in [6.07, 6.45) is 1.64. The van der Waals surface area contributed by atoms with Gasteiger partial charge in [-0.3, -0.25) is 9.69 Å². The first-order chi connectivity index (χ1) is 10.1. The smallest absolute Gasteiger partial charge is 0.227 e. The van der Waals surface area contributed by atoms with Crippen LogP contribution in [-0.4, -0.2) is 66.2 Å². The minimum absolute atomic E-state index is 0. The van der Waals surface area contributed by atoms with Gasteiger partial charge in [-0.25, -0.2) is 0 Å². The number of aromatic nitrogens is 1. The van der Waals surface area contributed by atoms with Gasteiger partial charge in [0.05, 0.1) is 12.1 Å². The lowest BCUT2D eigenvalue weighted by Crippen LogP contribution is -2.52. The summed E-state index contributed by atoms with van der Waals surface area (Å²) in [5.74, 6) is 0.949. The van der Waals surface area contributed by atoms with E-state index in [2.05, 4.69) is 15.4 Å². The highest BCUT2D eigenvalue weighted by molar-refractivity contribution is 5.85. The molecule has 1 unspecified atom stereocenters. The number of carbonyl (C=O) groups is 1. The average molecular weight is 329 g/mol. The number of nitrogens with one attached hydrogen (secondary N) is 1. The van der Waals surface area contributed by atoms with Gasteiger partial charge in [-0.15, -0.1) is 12.4 Å². The van der Waals surface area contributed by atoms with Gasteiger partial charge < -0.3 is 14.7 Å². The molecular formula is C15H25ClN4O2. The van der Waals surface area contributed by atoms with E-state index in [4.69, 9.17) is 4.52 Å². The molecule has 6 nitrogen and oxygen atoms in total. The van der Waals surface area contributed by atoms with Crippen molar-refractivity contribution in [2.24, 2.45) is 0 Å². The van der Waals surface area contributed by atoms with E-state index in [0.717, 1.165) is 56.3 Å². The monoisotopic (exact) mass is 328 g/mol. The maximum absolute atomic E-state index is 12.4. The molecule has 1 amide bonds. The second-order valence-electron chi connectivity index (χ2n) is 6.04. The number of rotatable bonds is 3. The molecular weight excluding hydrogens is 304 g/mol. The summed E-state index contributed by atoms with van der Waals surface area (Å²) in [6.45, 7) is 9.61. The molecule has 0 radical (unpaired) electrons. The van der Waals surface area contributed by atoms with Crippen LogP contribution in [0, 0.1) is 13.8 Å². The first kappa shape index (κ1) is 17.2. The van der Waals surface area contributed by atoms with Crippen molar-refractivity contribution in [2.45, 2.75) is 32.7 Å². The first-order valence-corrected chi connectivity index (χ1v) is 7.79. The van der Waals surface area contributed by atoms with Gasteiger partial charge in [0.15, 0.2) is 0 Å². The van der Waals surface area contributed by atoms with E-state index in [-0.39, 0.29) is 18.3 Å². The fourth-order valence-corrected chi connectivity index (χ4v) is 3.30. The molecule has 2 aliphatic rings. The van der Waals surface area contributed by atoms with E-state index < -0.39 is 0 Å². The Kier molecular flexibility index (Phi) is 5.83. The molecule has 0 bridgehead atoms. The van der Waals surface area contributed by atoms with E-state index in [0.29, 0.717) is 12.5 Å². The van der Waals surface area contributed by atoms with Crippen LogP contribution in [0.2, 0.25) is 0 Å². The highest BCUT2D eigenvalue weighted by Crippen LogP contribution is 2.16. The van der Waals surface area contributed by atoms with Crippen molar-refractivity contribution in [3.63, 3.8) is 0 Å². The molecule has 0 aromatic carbocycles. The van der Waals surface area contributed by atoms with Crippen LogP contribution in [0.5, 0.6) is 0 Å². The largest absolute Gasteiger partial charge is 0.361 e. The third-order valence-corrected chi connectivity index (χ3v) is 4.73. The number of piperazine rings is 1. The van der Waals surface area contributed by atoms with Crippen LogP contribution < -0.4 is 5.32 Å². The Balaban J connectivity index is 0.00000176. The normalized spacial score (nSPS) is 22.6. The first-order valence-electron chi connectivity index (χ1n) is 7.79. The lowest BCUT2D eigenvalue weighted by atomic mass is 10.1. The van der Waals surface area contributed by atoms with Gasteiger partial charge in [0.1, 0.15) is 5.76 Å². The Morgan fingerprint density at radius 3 is 2.59 bits per heavy atom. The number of nitrogens with zero attached hydrogens (tertiary/aromatic N) is 3. The zero-order valence-corrected chi connectivity index (χ0v) is 14.1. The fraction of sp³-hybridized carbons (Fsp3) is 0.733. The van der Waals surface area contributed by atoms with Gasteiger partial charge in [0.2, 0.25) is 5.91 Å². The van der Waals surface area contributed by atoms with Crippen LogP contribution in [0.4, 0.5) is 0 Å². The molecule has 0 spiro atoms. The van der Waals surface area contributed by atoms with Crippen LogP contribution in [-0.2, 0) is 11.2 Å². The number of halogens is 1. The standard InChI is InChI=1S/C15H24N4O2.ClH/c1-11-14(12(2)21-17-11)9-15(20)19-7-5-18(6-8-19)13-3-4-16-10-13;/h13,16H,3-10H2,1-2H3;1H. The van der Waals surface area contributed by atoms with E-state index in [1.165, 1.54) is 6.42 Å². The molecule has 1 aromatic rings. The molecule has 2 saturated heterocycles. The molecule has 22 heavy (non-hydrogen) atoms. The van der Waals surface area contributed by atoms with E-state index in [9.17, 15) is 4.79 Å². The Hall–Kier alpha value is -1.11. The Labute approximate surface area is 137 Å². The van der Waals surface area contributed by atoms with Gasteiger partial charge in [-0.1, -0.05) is 5.16 Å². The van der Waals surface area contributed by atoms with E-state index in [1.807, 2.05) is 18.7 Å². The van der Waals surface area contributed by atoms with Crippen LogP contribution in [0.1, 0.15) is 23.4 Å². The number of hydrogen-bond donors (Lipinski definition) is 1. The zero-order chi connectivity index (χ0) is 14.8. The van der Waals surface area contributed by atoms with Gasteiger partial charge in [-0.2, -0.15) is 0 Å². The van der Waals surface area contributed by atoms with Crippen molar-refractivity contribution < 1.29 is 9.32 Å². The summed E-state index contributed by atoms with van der Waals surface area (Å²) in [5, 5.41) is 7.32. The lowest BCUT2D eigenvalue weighted by Gasteiger charge is -2.37. The Morgan fingerprint density at radius 2 is 2.05 bits per heavy atom. The third kappa shape index (κ3) is 3.62. The second-order valence-corrected chi connectivity index (χ2v) is 6.04. The van der Waals surface area contributed by atoms with Gasteiger partial charge in [0, 0.05) is 44.3 Å². The van der Waals surface area contributed by atoms with Crippen molar-refractivity contribution >= 4 is 18.3 Å². The highest BCUT2D eigenvalue weighted by Gasteiger charge is 2.28. The molecule has 2 fully saturated rings. The molecule has 0 saturated carbocycles. The SMILES string of the molecule is Cc1noc(C)c1CC(=O)N1CCN(C2CCNC2)CC1.Cl. The minimum atomic E-state index is 0. The summed E-state index contributed by atoms with van der Waals surface area (Å²) >= 11 is 0. The predicted octanol–water partition coefficient (Wildman–Crippen LogP) is 0.762. The minimum Gasteiger partial charge on any atom is -0.361 e. The highest BCUT2D eigenvalue weighted by atomic mass is 35.5. The summed E-state index contributed by atoms with van der Waals surface area (Å²) in [6, 6.07) is 0.657. The zero-order valence-electron chi connectivity index (χ0n) is 13.3. The van der Waals surface area contributed by atoms with Crippen molar-refractivity contribution in [1.82, 2.24) is 20.3 Å². The lowest BCUT2D eigenvalue weighted by molar-refractivity contribution is -0.132.